The molecule has 0 aromatic heterocycles. The van der Waals surface area contributed by atoms with Crippen LogP contribution >= 0.6 is 0 Å². The Labute approximate surface area is 132 Å². The predicted molar refractivity (Wildman–Crippen MR) is 86.0 cm³/mol. The maximum absolute atomic E-state index is 12.7. The molecule has 1 atom stereocenters. The van der Waals surface area contributed by atoms with Crippen molar-refractivity contribution in [2.45, 2.75) is 46.1 Å². The third-order valence-corrected chi connectivity index (χ3v) is 3.85. The molecule has 1 aromatic carbocycles. The SMILES string of the molecule is Cc1ccccc1C(=O)C1CCCN(C(=O)OC(C)(C)C)C1. The number of hydrogen-bond donors (Lipinski definition) is 0. The van der Waals surface area contributed by atoms with Crippen molar-refractivity contribution in [1.82, 2.24) is 4.90 Å². The Morgan fingerprint density at radius 1 is 1.23 bits per heavy atom. The first-order chi connectivity index (χ1) is 10.3. The number of nitrogens with zero attached hydrogens (tertiary/aromatic N) is 1. The predicted octanol–water partition coefficient (Wildman–Crippen LogP) is 3.82. The quantitative estimate of drug-likeness (QED) is 0.780. The summed E-state index contributed by atoms with van der Waals surface area (Å²) in [5, 5.41) is 0. The largest absolute Gasteiger partial charge is 0.444 e. The first kappa shape index (κ1) is 16.5. The zero-order valence-corrected chi connectivity index (χ0v) is 13.9. The number of rotatable bonds is 2. The highest BCUT2D eigenvalue weighted by atomic mass is 16.6. The first-order valence-corrected chi connectivity index (χ1v) is 7.86. The number of likely N-dealkylation sites (tertiary alicyclic amines) is 1. The minimum Gasteiger partial charge on any atom is -0.444 e. The molecule has 1 amide bonds. The van der Waals surface area contributed by atoms with E-state index in [0.717, 1.165) is 24.0 Å². The molecule has 120 valence electrons. The standard InChI is InChI=1S/C18H25NO3/c1-13-8-5-6-10-15(13)16(20)14-9-7-11-19(12-14)17(21)22-18(2,3)4/h5-6,8,10,14H,7,9,11-12H2,1-4H3. The van der Waals surface area contributed by atoms with Crippen LogP contribution in [-0.4, -0.2) is 35.5 Å². The van der Waals surface area contributed by atoms with Gasteiger partial charge in [-0.15, -0.1) is 0 Å². The van der Waals surface area contributed by atoms with Crippen LogP contribution in [0.5, 0.6) is 0 Å². The Balaban J connectivity index is 2.06. The van der Waals surface area contributed by atoms with Crippen molar-refractivity contribution in [2.75, 3.05) is 13.1 Å². The molecular formula is C18H25NO3. The van der Waals surface area contributed by atoms with Gasteiger partial charge in [-0.3, -0.25) is 4.79 Å². The van der Waals surface area contributed by atoms with Crippen molar-refractivity contribution in [3.63, 3.8) is 0 Å². The zero-order valence-electron chi connectivity index (χ0n) is 13.9. The molecule has 1 saturated heterocycles. The minimum atomic E-state index is -0.510. The molecule has 4 heteroatoms. The van der Waals surface area contributed by atoms with Gasteiger partial charge in [-0.1, -0.05) is 24.3 Å². The summed E-state index contributed by atoms with van der Waals surface area (Å²) >= 11 is 0. The van der Waals surface area contributed by atoms with Gasteiger partial charge in [-0.2, -0.15) is 0 Å². The fraction of sp³-hybridized carbons (Fsp3) is 0.556. The van der Waals surface area contributed by atoms with E-state index in [2.05, 4.69) is 0 Å². The Hall–Kier alpha value is -1.84. The Kier molecular flexibility index (Phi) is 4.89. The smallest absolute Gasteiger partial charge is 0.410 e. The van der Waals surface area contributed by atoms with E-state index in [1.54, 1.807) is 4.90 Å². The average molecular weight is 303 g/mol. The van der Waals surface area contributed by atoms with Gasteiger partial charge < -0.3 is 9.64 Å². The number of aryl methyl sites for hydroxylation is 1. The van der Waals surface area contributed by atoms with Gasteiger partial charge in [0, 0.05) is 24.6 Å². The van der Waals surface area contributed by atoms with Gasteiger partial charge in [0.25, 0.3) is 0 Å². The second kappa shape index (κ2) is 6.51. The number of ether oxygens (including phenoxy) is 1. The number of amides is 1. The fourth-order valence-corrected chi connectivity index (χ4v) is 2.75. The highest BCUT2D eigenvalue weighted by Gasteiger charge is 2.31. The molecule has 1 aliphatic heterocycles. The van der Waals surface area contributed by atoms with Gasteiger partial charge in [-0.25, -0.2) is 4.79 Å². The molecule has 0 aliphatic carbocycles. The minimum absolute atomic E-state index is 0.131. The van der Waals surface area contributed by atoms with Crippen LogP contribution in [0.2, 0.25) is 0 Å². The molecule has 1 fully saturated rings. The molecule has 1 aliphatic rings. The second-order valence-electron chi connectivity index (χ2n) is 6.94. The number of carbonyl (C=O) groups is 2. The number of piperidine rings is 1. The molecule has 22 heavy (non-hydrogen) atoms. The number of hydrogen-bond acceptors (Lipinski definition) is 3. The molecule has 4 nitrogen and oxygen atoms in total. The van der Waals surface area contributed by atoms with E-state index in [-0.39, 0.29) is 17.8 Å². The fourth-order valence-electron chi connectivity index (χ4n) is 2.75. The maximum Gasteiger partial charge on any atom is 0.410 e. The van der Waals surface area contributed by atoms with Crippen molar-refractivity contribution in [1.29, 1.82) is 0 Å². The molecule has 0 radical (unpaired) electrons. The summed E-state index contributed by atoms with van der Waals surface area (Å²) in [6.07, 6.45) is 1.34. The third kappa shape index (κ3) is 4.09. The van der Waals surface area contributed by atoms with Crippen LogP contribution in [0.25, 0.3) is 0 Å². The molecular weight excluding hydrogens is 278 g/mol. The lowest BCUT2D eigenvalue weighted by atomic mass is 9.88. The van der Waals surface area contributed by atoms with E-state index in [9.17, 15) is 9.59 Å². The van der Waals surface area contributed by atoms with Crippen LogP contribution in [0.1, 0.15) is 49.5 Å². The highest BCUT2D eigenvalue weighted by molar-refractivity contribution is 5.99. The van der Waals surface area contributed by atoms with E-state index in [1.165, 1.54) is 0 Å². The number of carbonyl (C=O) groups excluding carboxylic acids is 2. The van der Waals surface area contributed by atoms with Crippen molar-refractivity contribution >= 4 is 11.9 Å². The van der Waals surface area contributed by atoms with Crippen LogP contribution in [-0.2, 0) is 4.74 Å². The van der Waals surface area contributed by atoms with Gasteiger partial charge in [0.2, 0.25) is 0 Å². The molecule has 2 rings (SSSR count). The molecule has 0 N–H and O–H groups in total. The third-order valence-electron chi connectivity index (χ3n) is 3.85. The van der Waals surface area contributed by atoms with Gasteiger partial charge in [-0.05, 0) is 46.1 Å². The molecule has 0 bridgehead atoms. The lowest BCUT2D eigenvalue weighted by Crippen LogP contribution is -2.44. The summed E-state index contributed by atoms with van der Waals surface area (Å²) in [5.41, 5.74) is 1.24. The summed E-state index contributed by atoms with van der Waals surface area (Å²) in [6.45, 7) is 8.61. The van der Waals surface area contributed by atoms with Crippen LogP contribution in [0.4, 0.5) is 4.79 Å². The van der Waals surface area contributed by atoms with E-state index in [1.807, 2.05) is 52.0 Å². The number of ketones is 1. The maximum atomic E-state index is 12.7. The van der Waals surface area contributed by atoms with Crippen LogP contribution in [0, 0.1) is 12.8 Å². The van der Waals surface area contributed by atoms with Crippen molar-refractivity contribution < 1.29 is 14.3 Å². The van der Waals surface area contributed by atoms with Gasteiger partial charge >= 0.3 is 6.09 Å². The van der Waals surface area contributed by atoms with Gasteiger partial charge in [0.1, 0.15) is 5.60 Å². The van der Waals surface area contributed by atoms with E-state index < -0.39 is 5.60 Å². The Morgan fingerprint density at radius 2 is 1.91 bits per heavy atom. The number of Topliss-reactive ketones (excluding diaryl/α,β-unsaturated/α-hetero) is 1. The normalized spacial score (nSPS) is 18.9. The van der Waals surface area contributed by atoms with Crippen LogP contribution in [0.15, 0.2) is 24.3 Å². The van der Waals surface area contributed by atoms with Crippen molar-refractivity contribution in [3.8, 4) is 0 Å². The molecule has 0 saturated carbocycles. The van der Waals surface area contributed by atoms with Crippen molar-refractivity contribution in [3.05, 3.63) is 35.4 Å². The van der Waals surface area contributed by atoms with Crippen molar-refractivity contribution in [2.24, 2.45) is 5.92 Å². The van der Waals surface area contributed by atoms with Gasteiger partial charge in [0.15, 0.2) is 5.78 Å². The highest BCUT2D eigenvalue weighted by Crippen LogP contribution is 2.24. The molecule has 1 unspecified atom stereocenters. The zero-order chi connectivity index (χ0) is 16.3. The molecule has 1 aromatic rings. The lowest BCUT2D eigenvalue weighted by molar-refractivity contribution is 0.0172. The monoisotopic (exact) mass is 303 g/mol. The average Bonchev–Trinajstić information content (AvgIpc) is 2.45. The first-order valence-electron chi connectivity index (χ1n) is 7.86. The summed E-state index contributed by atoms with van der Waals surface area (Å²) < 4.78 is 5.41. The topological polar surface area (TPSA) is 46.6 Å². The summed E-state index contributed by atoms with van der Waals surface area (Å²) in [6, 6.07) is 7.63. The van der Waals surface area contributed by atoms with E-state index in [4.69, 9.17) is 4.74 Å². The number of benzene rings is 1. The van der Waals surface area contributed by atoms with E-state index >= 15 is 0 Å². The summed E-state index contributed by atoms with van der Waals surface area (Å²) in [4.78, 5) is 26.5. The summed E-state index contributed by atoms with van der Waals surface area (Å²) in [5.74, 6) is -0.00581. The lowest BCUT2D eigenvalue weighted by Gasteiger charge is -2.33. The molecule has 0 spiro atoms. The van der Waals surface area contributed by atoms with Gasteiger partial charge in [0.05, 0.1) is 0 Å². The molecule has 1 heterocycles. The van der Waals surface area contributed by atoms with Crippen LogP contribution < -0.4 is 0 Å². The Morgan fingerprint density at radius 3 is 2.55 bits per heavy atom. The second-order valence-corrected chi connectivity index (χ2v) is 6.94. The summed E-state index contributed by atoms with van der Waals surface area (Å²) in [7, 11) is 0. The Bertz CT molecular complexity index is 560. The van der Waals surface area contributed by atoms with Crippen LogP contribution in [0.3, 0.4) is 0 Å². The van der Waals surface area contributed by atoms with E-state index in [0.29, 0.717) is 13.1 Å².